The molecule has 6 nitrogen and oxygen atoms in total. The Kier molecular flexibility index (Phi) is 6.50. The first-order valence-electron chi connectivity index (χ1n) is 10.2. The number of thioether (sulfide) groups is 1. The van der Waals surface area contributed by atoms with Crippen molar-refractivity contribution in [2.24, 2.45) is 15.6 Å². The Hall–Kier alpha value is -2.41. The van der Waals surface area contributed by atoms with Crippen LogP contribution in [0.4, 0.5) is 5.69 Å². The second kappa shape index (κ2) is 8.76. The van der Waals surface area contributed by atoms with Gasteiger partial charge in [0.05, 0.1) is 5.71 Å². The van der Waals surface area contributed by atoms with Crippen LogP contribution >= 0.6 is 11.8 Å². The molecule has 3 rings (SSSR count). The highest BCUT2D eigenvalue weighted by Gasteiger charge is 2.32. The number of anilines is 1. The third-order valence-electron chi connectivity index (χ3n) is 5.19. The van der Waals surface area contributed by atoms with Crippen LogP contribution in [-0.2, 0) is 9.59 Å². The van der Waals surface area contributed by atoms with Crippen molar-refractivity contribution in [1.82, 2.24) is 5.32 Å². The number of benzene rings is 1. The second-order valence-corrected chi connectivity index (χ2v) is 10.3. The van der Waals surface area contributed by atoms with Crippen LogP contribution in [0.2, 0.25) is 0 Å². The van der Waals surface area contributed by atoms with Crippen molar-refractivity contribution in [2.45, 2.75) is 66.1 Å². The molecule has 1 heterocycles. The molecule has 30 heavy (non-hydrogen) atoms. The molecule has 160 valence electrons. The van der Waals surface area contributed by atoms with E-state index in [0.717, 1.165) is 40.9 Å². The van der Waals surface area contributed by atoms with Gasteiger partial charge in [0.1, 0.15) is 5.25 Å². The molecule has 1 aliphatic heterocycles. The van der Waals surface area contributed by atoms with E-state index in [0.29, 0.717) is 5.17 Å². The molecule has 1 atom stereocenters. The molecule has 2 N–H and O–H groups in total. The van der Waals surface area contributed by atoms with Crippen LogP contribution in [-0.4, -0.2) is 27.9 Å². The number of nitrogens with one attached hydrogen (secondary N) is 2. The van der Waals surface area contributed by atoms with Gasteiger partial charge in [0.25, 0.3) is 0 Å². The standard InChI is InChI=1S/C23H30N4O2S/c1-13-7-15(3)20(16(4)8-13)24-19(28)10-18-21(29)25-22(30-18)27-26-17-9-14(2)11-23(5,6)12-17/h7-9,18H,10-12H2,1-6H3,(H,24,28)(H,25,27,29)/b26-17-. The molecule has 2 aliphatic rings. The fourth-order valence-electron chi connectivity index (χ4n) is 4.19. The molecule has 1 aliphatic carbocycles. The molecule has 0 spiro atoms. The van der Waals surface area contributed by atoms with Gasteiger partial charge in [-0.25, -0.2) is 0 Å². The lowest BCUT2D eigenvalue weighted by Gasteiger charge is -2.28. The summed E-state index contributed by atoms with van der Waals surface area (Å²) in [6.45, 7) is 12.5. The lowest BCUT2D eigenvalue weighted by Crippen LogP contribution is -2.28. The number of carbonyl (C=O) groups excluding carboxylic acids is 2. The van der Waals surface area contributed by atoms with Gasteiger partial charge in [-0.2, -0.15) is 5.10 Å². The average molecular weight is 427 g/mol. The minimum atomic E-state index is -0.505. The van der Waals surface area contributed by atoms with E-state index in [-0.39, 0.29) is 23.7 Å². The molecule has 1 aromatic carbocycles. The fraction of sp³-hybridized carbons (Fsp3) is 0.478. The number of hydrogen-bond donors (Lipinski definition) is 2. The second-order valence-electron chi connectivity index (χ2n) is 9.13. The van der Waals surface area contributed by atoms with E-state index in [1.807, 2.05) is 32.9 Å². The number of carbonyl (C=O) groups is 2. The number of aryl methyl sites for hydroxylation is 3. The molecule has 1 unspecified atom stereocenters. The van der Waals surface area contributed by atoms with Gasteiger partial charge in [-0.3, -0.25) is 9.59 Å². The quantitative estimate of drug-likeness (QED) is 0.688. The van der Waals surface area contributed by atoms with Gasteiger partial charge in [0.15, 0.2) is 5.17 Å². The molecule has 0 saturated carbocycles. The van der Waals surface area contributed by atoms with Crippen LogP contribution in [0.1, 0.15) is 56.7 Å². The molecule has 2 amide bonds. The van der Waals surface area contributed by atoms with Crippen molar-refractivity contribution in [3.05, 3.63) is 40.5 Å². The summed E-state index contributed by atoms with van der Waals surface area (Å²) < 4.78 is 0. The van der Waals surface area contributed by atoms with Crippen LogP contribution in [0, 0.1) is 26.2 Å². The van der Waals surface area contributed by atoms with E-state index in [2.05, 4.69) is 47.7 Å². The van der Waals surface area contributed by atoms with E-state index in [9.17, 15) is 9.59 Å². The highest BCUT2D eigenvalue weighted by atomic mass is 32.2. The van der Waals surface area contributed by atoms with Gasteiger partial charge in [0.2, 0.25) is 11.8 Å². The maximum atomic E-state index is 12.5. The Morgan fingerprint density at radius 3 is 2.47 bits per heavy atom. The summed E-state index contributed by atoms with van der Waals surface area (Å²) in [7, 11) is 0. The molecule has 7 heteroatoms. The van der Waals surface area contributed by atoms with E-state index in [1.165, 1.54) is 17.3 Å². The normalized spacial score (nSPS) is 23.5. The summed E-state index contributed by atoms with van der Waals surface area (Å²) in [5.74, 6) is -0.389. The highest BCUT2D eigenvalue weighted by molar-refractivity contribution is 8.15. The third kappa shape index (κ3) is 5.59. The van der Waals surface area contributed by atoms with E-state index in [1.54, 1.807) is 0 Å². The molecule has 1 saturated heterocycles. The molecule has 1 aromatic rings. The van der Waals surface area contributed by atoms with Crippen molar-refractivity contribution in [2.75, 3.05) is 5.32 Å². The average Bonchev–Trinajstić information content (AvgIpc) is 2.94. The topological polar surface area (TPSA) is 82.9 Å². The minimum absolute atomic E-state index is 0.0882. The van der Waals surface area contributed by atoms with E-state index >= 15 is 0 Å². The van der Waals surface area contributed by atoms with Crippen molar-refractivity contribution >= 4 is 40.1 Å². The number of nitrogens with zero attached hydrogens (tertiary/aromatic N) is 2. The zero-order valence-electron chi connectivity index (χ0n) is 18.5. The Balaban J connectivity index is 1.64. The first-order chi connectivity index (χ1) is 14.0. The van der Waals surface area contributed by atoms with Gasteiger partial charge < -0.3 is 10.6 Å². The number of hydrogen-bond acceptors (Lipinski definition) is 5. The predicted octanol–water partition coefficient (Wildman–Crippen LogP) is 4.65. The van der Waals surface area contributed by atoms with E-state index < -0.39 is 5.25 Å². The van der Waals surface area contributed by atoms with Crippen LogP contribution in [0.15, 0.2) is 34.0 Å². The van der Waals surface area contributed by atoms with Gasteiger partial charge in [-0.1, -0.05) is 48.9 Å². The lowest BCUT2D eigenvalue weighted by atomic mass is 9.77. The highest BCUT2D eigenvalue weighted by Crippen LogP contribution is 2.34. The summed E-state index contributed by atoms with van der Waals surface area (Å²) in [6, 6.07) is 4.07. The van der Waals surface area contributed by atoms with Crippen molar-refractivity contribution in [3.63, 3.8) is 0 Å². The van der Waals surface area contributed by atoms with Gasteiger partial charge in [-0.15, -0.1) is 5.10 Å². The largest absolute Gasteiger partial charge is 0.326 e. The summed E-state index contributed by atoms with van der Waals surface area (Å²) in [4.78, 5) is 24.8. The Morgan fingerprint density at radius 2 is 1.83 bits per heavy atom. The van der Waals surface area contributed by atoms with Gasteiger partial charge >= 0.3 is 0 Å². The summed E-state index contributed by atoms with van der Waals surface area (Å²) in [5, 5.41) is 14.2. The Morgan fingerprint density at radius 1 is 1.17 bits per heavy atom. The molecule has 0 bridgehead atoms. The van der Waals surface area contributed by atoms with Crippen LogP contribution in [0.5, 0.6) is 0 Å². The minimum Gasteiger partial charge on any atom is -0.326 e. The smallest absolute Gasteiger partial charge is 0.240 e. The van der Waals surface area contributed by atoms with Gasteiger partial charge in [0, 0.05) is 12.1 Å². The first-order valence-corrected chi connectivity index (χ1v) is 11.1. The van der Waals surface area contributed by atoms with Gasteiger partial charge in [-0.05, 0) is 63.2 Å². The summed E-state index contributed by atoms with van der Waals surface area (Å²) >= 11 is 1.26. The Bertz CT molecular complexity index is 952. The number of amidine groups is 1. The zero-order chi connectivity index (χ0) is 22.1. The number of allylic oxidation sites excluding steroid dienone is 2. The monoisotopic (exact) mass is 426 g/mol. The third-order valence-corrected chi connectivity index (χ3v) is 6.26. The molecular weight excluding hydrogens is 396 g/mol. The first kappa shape index (κ1) is 22.3. The molecule has 1 fully saturated rings. The predicted molar refractivity (Wildman–Crippen MR) is 125 cm³/mol. The SMILES string of the molecule is CC1=C/C(=N/N=C2\NC(=O)C(CC(=O)Nc3c(C)cc(C)cc3C)S2)CC(C)(C)C1. The number of rotatable bonds is 4. The van der Waals surface area contributed by atoms with Crippen LogP contribution < -0.4 is 10.6 Å². The maximum absolute atomic E-state index is 12.5. The molecule has 0 aromatic heterocycles. The number of amides is 2. The fourth-order valence-corrected chi connectivity index (χ4v) is 5.11. The maximum Gasteiger partial charge on any atom is 0.240 e. The van der Waals surface area contributed by atoms with Crippen LogP contribution in [0.3, 0.4) is 0 Å². The molecular formula is C23H30N4O2S. The van der Waals surface area contributed by atoms with Crippen molar-refractivity contribution in [3.8, 4) is 0 Å². The lowest BCUT2D eigenvalue weighted by molar-refractivity contribution is -0.122. The van der Waals surface area contributed by atoms with E-state index in [4.69, 9.17) is 0 Å². The zero-order valence-corrected chi connectivity index (χ0v) is 19.4. The summed E-state index contributed by atoms with van der Waals surface area (Å²) in [6.07, 6.45) is 4.05. The van der Waals surface area contributed by atoms with Crippen molar-refractivity contribution < 1.29 is 9.59 Å². The van der Waals surface area contributed by atoms with Crippen molar-refractivity contribution in [1.29, 1.82) is 0 Å². The Labute approximate surface area is 182 Å². The summed E-state index contributed by atoms with van der Waals surface area (Å²) in [5.41, 5.74) is 6.36. The molecule has 0 radical (unpaired) electrons. The van der Waals surface area contributed by atoms with Crippen LogP contribution in [0.25, 0.3) is 0 Å².